The van der Waals surface area contributed by atoms with E-state index in [1.807, 2.05) is 0 Å². The number of thioether (sulfide) groups is 1. The number of amides is 1. The molecule has 3 rings (SSSR count). The van der Waals surface area contributed by atoms with Crippen molar-refractivity contribution in [2.75, 3.05) is 19.5 Å². The molecule has 12 heteroatoms. The summed E-state index contributed by atoms with van der Waals surface area (Å²) < 4.78 is 34.7. The molecule has 2 aliphatic rings. The summed E-state index contributed by atoms with van der Waals surface area (Å²) >= 11 is 1.36. The second-order valence-electron chi connectivity index (χ2n) is 6.17. The predicted octanol–water partition coefficient (Wildman–Crippen LogP) is 1.92. The van der Waals surface area contributed by atoms with E-state index in [9.17, 15) is 18.4 Å². The Morgan fingerprint density at radius 1 is 1.37 bits per heavy atom. The van der Waals surface area contributed by atoms with E-state index in [2.05, 4.69) is 5.16 Å². The molecule has 164 valence electrons. The van der Waals surface area contributed by atoms with Gasteiger partial charge in [0.15, 0.2) is 0 Å². The van der Waals surface area contributed by atoms with Crippen molar-refractivity contribution in [1.29, 1.82) is 0 Å². The monoisotopic (exact) mass is 463 g/mol. The highest BCUT2D eigenvalue weighted by Crippen LogP contribution is 2.39. The van der Waals surface area contributed by atoms with E-state index in [4.69, 9.17) is 20.0 Å². The summed E-state index contributed by atoms with van der Waals surface area (Å²) in [6, 6.07) is 6.24. The maximum absolute atomic E-state index is 12.7. The number of nitrogens with two attached hydrogens (primary N) is 1. The van der Waals surface area contributed by atoms with Crippen molar-refractivity contribution in [3.05, 3.63) is 41.1 Å². The van der Waals surface area contributed by atoms with Gasteiger partial charge < -0.3 is 20.0 Å². The van der Waals surface area contributed by atoms with Crippen LogP contribution in [0.4, 0.5) is 8.78 Å². The van der Waals surface area contributed by atoms with Crippen LogP contribution in [0, 0.1) is 0 Å². The lowest BCUT2D eigenvalue weighted by atomic mass is 10.0. The average molecular weight is 464 g/mol. The number of rotatable bonds is 8. The Balaban J connectivity index is 0.00000320. The molecule has 2 aliphatic heterocycles. The zero-order valence-electron chi connectivity index (χ0n) is 15.8. The van der Waals surface area contributed by atoms with Crippen LogP contribution in [0.1, 0.15) is 5.56 Å². The Bertz CT molecular complexity index is 838. The van der Waals surface area contributed by atoms with Gasteiger partial charge >= 0.3 is 5.97 Å². The SMILES string of the molecule is COc1ccc(COC(=O)C2=C(CON=CC(F)F)CS[C@@H]3[C@H](N)C(=O)N23)cc1.Cl. The van der Waals surface area contributed by atoms with Crippen molar-refractivity contribution in [2.45, 2.75) is 24.4 Å². The Kier molecular flexibility index (Phi) is 8.44. The molecule has 0 aromatic heterocycles. The first-order chi connectivity index (χ1) is 13.9. The van der Waals surface area contributed by atoms with Crippen molar-refractivity contribution in [2.24, 2.45) is 10.9 Å². The number of halogens is 3. The number of fused-ring (bicyclic) bond motifs is 1. The summed E-state index contributed by atoms with van der Waals surface area (Å²) in [4.78, 5) is 31.0. The second-order valence-corrected chi connectivity index (χ2v) is 7.28. The van der Waals surface area contributed by atoms with Gasteiger partial charge in [-0.05, 0) is 17.7 Å². The molecule has 0 bridgehead atoms. The van der Waals surface area contributed by atoms with Crippen molar-refractivity contribution in [3.63, 3.8) is 0 Å². The summed E-state index contributed by atoms with van der Waals surface area (Å²) in [6.07, 6.45) is -2.41. The van der Waals surface area contributed by atoms with Gasteiger partial charge in [-0.3, -0.25) is 9.69 Å². The molecule has 0 saturated carbocycles. The maximum atomic E-state index is 12.7. The molecule has 1 fully saturated rings. The maximum Gasteiger partial charge on any atom is 0.355 e. The van der Waals surface area contributed by atoms with Crippen LogP contribution >= 0.6 is 24.2 Å². The zero-order valence-corrected chi connectivity index (χ0v) is 17.5. The van der Waals surface area contributed by atoms with Crippen LogP contribution in [0.5, 0.6) is 5.75 Å². The van der Waals surface area contributed by atoms with Crippen molar-refractivity contribution in [3.8, 4) is 5.75 Å². The molecule has 1 saturated heterocycles. The van der Waals surface area contributed by atoms with Gasteiger partial charge in [0.1, 0.15) is 42.3 Å². The molecule has 2 atom stereocenters. The number of carbonyl (C=O) groups excluding carboxylic acids is 2. The minimum atomic E-state index is -2.75. The van der Waals surface area contributed by atoms with E-state index >= 15 is 0 Å². The molecule has 1 aromatic carbocycles. The van der Waals surface area contributed by atoms with Gasteiger partial charge in [0, 0.05) is 11.3 Å². The largest absolute Gasteiger partial charge is 0.497 e. The van der Waals surface area contributed by atoms with Gasteiger partial charge in [-0.2, -0.15) is 0 Å². The van der Waals surface area contributed by atoms with Crippen LogP contribution in [0.15, 0.2) is 40.7 Å². The highest BCUT2D eigenvalue weighted by molar-refractivity contribution is 8.00. The lowest BCUT2D eigenvalue weighted by molar-refractivity contribution is -0.151. The van der Waals surface area contributed by atoms with Crippen molar-refractivity contribution in [1.82, 2.24) is 4.90 Å². The summed E-state index contributed by atoms with van der Waals surface area (Å²) in [7, 11) is 1.54. The van der Waals surface area contributed by atoms with Crippen LogP contribution in [0.25, 0.3) is 0 Å². The number of carbonyl (C=O) groups is 2. The molecule has 0 radical (unpaired) electrons. The lowest BCUT2D eigenvalue weighted by Gasteiger charge is -2.48. The molecule has 0 unspecified atom stereocenters. The van der Waals surface area contributed by atoms with Crippen LogP contribution < -0.4 is 10.5 Å². The van der Waals surface area contributed by atoms with Gasteiger partial charge in [-0.25, -0.2) is 13.6 Å². The number of hydrogen-bond acceptors (Lipinski definition) is 8. The fraction of sp³-hybridized carbons (Fsp3) is 0.389. The van der Waals surface area contributed by atoms with Gasteiger partial charge in [-0.1, -0.05) is 17.3 Å². The molecular weight excluding hydrogens is 444 g/mol. The first kappa shape index (κ1) is 23.9. The minimum Gasteiger partial charge on any atom is -0.497 e. The number of benzene rings is 1. The number of hydrogen-bond donors (Lipinski definition) is 1. The third-order valence-corrected chi connectivity index (χ3v) is 5.66. The summed E-state index contributed by atoms with van der Waals surface area (Å²) in [6.45, 7) is -0.245. The number of esters is 1. The third kappa shape index (κ3) is 5.21. The van der Waals surface area contributed by atoms with E-state index in [1.54, 1.807) is 31.4 Å². The van der Waals surface area contributed by atoms with E-state index < -0.39 is 24.3 Å². The van der Waals surface area contributed by atoms with Gasteiger partial charge in [0.2, 0.25) is 5.91 Å². The summed E-state index contributed by atoms with van der Waals surface area (Å²) in [5.41, 5.74) is 6.97. The molecule has 0 aliphatic carbocycles. The fourth-order valence-corrected chi connectivity index (χ4v) is 4.10. The topological polar surface area (TPSA) is 103 Å². The Morgan fingerprint density at radius 2 is 2.07 bits per heavy atom. The molecule has 1 amide bonds. The Hall–Kier alpha value is -2.37. The quantitative estimate of drug-likeness (QED) is 0.272. The molecule has 2 N–H and O–H groups in total. The molecular formula is C18H20ClF2N3O5S. The third-order valence-electron chi connectivity index (χ3n) is 4.30. The summed E-state index contributed by atoms with van der Waals surface area (Å²) in [5, 5.41) is 2.78. The molecule has 8 nitrogen and oxygen atoms in total. The highest BCUT2D eigenvalue weighted by Gasteiger charge is 2.52. The van der Waals surface area contributed by atoms with Crippen molar-refractivity contribution < 1.29 is 32.7 Å². The minimum absolute atomic E-state index is 0. The number of oxime groups is 1. The first-order valence-corrected chi connectivity index (χ1v) is 9.63. The number of β-lactam (4-membered cyclic amide) rings is 1. The number of methoxy groups -OCH3 is 1. The normalized spacial score (nSPS) is 20.6. The van der Waals surface area contributed by atoms with E-state index in [1.165, 1.54) is 16.7 Å². The van der Waals surface area contributed by atoms with Gasteiger partial charge in [-0.15, -0.1) is 24.2 Å². The van der Waals surface area contributed by atoms with E-state index in [-0.39, 0.29) is 36.7 Å². The smallest absolute Gasteiger partial charge is 0.355 e. The fourth-order valence-electron chi connectivity index (χ4n) is 2.82. The highest BCUT2D eigenvalue weighted by atomic mass is 35.5. The lowest BCUT2D eigenvalue weighted by Crippen LogP contribution is -2.68. The van der Waals surface area contributed by atoms with Gasteiger partial charge in [0.25, 0.3) is 6.43 Å². The van der Waals surface area contributed by atoms with Gasteiger partial charge in [0.05, 0.1) is 7.11 Å². The molecule has 2 heterocycles. The zero-order chi connectivity index (χ0) is 21.0. The molecule has 0 spiro atoms. The average Bonchev–Trinajstić information content (AvgIpc) is 2.74. The second kappa shape index (κ2) is 10.6. The first-order valence-electron chi connectivity index (χ1n) is 8.58. The predicted molar refractivity (Wildman–Crippen MR) is 109 cm³/mol. The van der Waals surface area contributed by atoms with E-state index in [0.717, 1.165) is 5.56 Å². The Morgan fingerprint density at radius 3 is 2.70 bits per heavy atom. The number of ether oxygens (including phenoxy) is 2. The Labute approximate surface area is 181 Å². The molecule has 1 aromatic rings. The molecule has 30 heavy (non-hydrogen) atoms. The standard InChI is InChI=1S/C18H19F2N3O5S.ClH/c1-26-12-4-2-10(3-5-12)7-27-18(25)15-11(8-28-22-6-13(19)20)9-29-17-14(21)16(24)23(15)17;/h2-6,13-14,17H,7-9,21H2,1H3;1H/t14-,17-;/m1./s1. The van der Waals surface area contributed by atoms with Crippen LogP contribution in [-0.2, 0) is 25.8 Å². The van der Waals surface area contributed by atoms with Crippen LogP contribution in [0.3, 0.4) is 0 Å². The van der Waals surface area contributed by atoms with Crippen LogP contribution in [-0.4, -0.2) is 60.3 Å². The van der Waals surface area contributed by atoms with Crippen LogP contribution in [0.2, 0.25) is 0 Å². The van der Waals surface area contributed by atoms with E-state index in [0.29, 0.717) is 23.3 Å². The number of alkyl halides is 2. The number of nitrogens with zero attached hydrogens (tertiary/aromatic N) is 2. The summed E-state index contributed by atoms with van der Waals surface area (Å²) in [5.74, 6) is -0.131. The van der Waals surface area contributed by atoms with Crippen molar-refractivity contribution >= 4 is 42.3 Å².